The molecule has 2 aliphatic rings. The van der Waals surface area contributed by atoms with Crippen molar-refractivity contribution in [1.82, 2.24) is 9.88 Å². The number of nitrogens with one attached hydrogen (secondary N) is 1. The van der Waals surface area contributed by atoms with E-state index in [0.717, 1.165) is 19.0 Å². The normalized spacial score (nSPS) is 21.0. The van der Waals surface area contributed by atoms with Gasteiger partial charge in [0.25, 0.3) is 0 Å². The molecule has 2 aromatic rings. The van der Waals surface area contributed by atoms with Crippen LogP contribution in [-0.4, -0.2) is 17.7 Å². The SMILES string of the molecule is c1cn(CC2CCCCC2)c2c3c(sc12)CCNCC3. The Balaban J connectivity index is 1.67. The predicted octanol–water partition coefficient (Wildman–Crippen LogP) is 3.97. The summed E-state index contributed by atoms with van der Waals surface area (Å²) in [6.45, 7) is 3.55. The fourth-order valence-corrected chi connectivity index (χ4v) is 5.24. The van der Waals surface area contributed by atoms with Gasteiger partial charge in [-0.1, -0.05) is 19.3 Å². The summed E-state index contributed by atoms with van der Waals surface area (Å²) in [5.74, 6) is 0.916. The van der Waals surface area contributed by atoms with Crippen molar-refractivity contribution in [3.63, 3.8) is 0 Å². The molecule has 0 atom stereocenters. The Labute approximate surface area is 125 Å². The Bertz CT molecular complexity index is 589. The first-order valence-corrected chi connectivity index (χ1v) is 9.03. The summed E-state index contributed by atoms with van der Waals surface area (Å²) in [6, 6.07) is 2.35. The quantitative estimate of drug-likeness (QED) is 0.884. The van der Waals surface area contributed by atoms with Crippen LogP contribution in [0.2, 0.25) is 0 Å². The molecular weight excluding hydrogens is 264 g/mol. The molecule has 0 bridgehead atoms. The van der Waals surface area contributed by atoms with Crippen LogP contribution in [0, 0.1) is 5.92 Å². The molecule has 20 heavy (non-hydrogen) atoms. The third-order valence-electron chi connectivity index (χ3n) is 5.04. The van der Waals surface area contributed by atoms with Crippen LogP contribution in [0.25, 0.3) is 10.2 Å². The molecule has 0 aromatic carbocycles. The van der Waals surface area contributed by atoms with Crippen molar-refractivity contribution in [2.75, 3.05) is 13.1 Å². The van der Waals surface area contributed by atoms with Crippen molar-refractivity contribution in [3.05, 3.63) is 22.7 Å². The lowest BCUT2D eigenvalue weighted by molar-refractivity contribution is 0.322. The molecule has 3 heteroatoms. The van der Waals surface area contributed by atoms with E-state index in [9.17, 15) is 0 Å². The summed E-state index contributed by atoms with van der Waals surface area (Å²) in [5, 5.41) is 3.54. The maximum Gasteiger partial charge on any atom is 0.0625 e. The van der Waals surface area contributed by atoms with Gasteiger partial charge in [-0.2, -0.15) is 0 Å². The number of hydrogen-bond donors (Lipinski definition) is 1. The van der Waals surface area contributed by atoms with Gasteiger partial charge in [-0.15, -0.1) is 11.3 Å². The standard InChI is InChI=1S/C17H24N2S/c1-2-4-13(5-3-1)12-19-11-8-16-17(19)14-6-9-18-10-7-15(14)20-16/h8,11,13,18H,1-7,9-10,12H2. The highest BCUT2D eigenvalue weighted by Crippen LogP contribution is 2.35. The minimum Gasteiger partial charge on any atom is -0.346 e. The average Bonchev–Trinajstić information content (AvgIpc) is 2.93. The van der Waals surface area contributed by atoms with Gasteiger partial charge in [-0.3, -0.25) is 0 Å². The molecule has 1 N–H and O–H groups in total. The van der Waals surface area contributed by atoms with E-state index in [-0.39, 0.29) is 0 Å². The summed E-state index contributed by atoms with van der Waals surface area (Å²) in [4.78, 5) is 1.64. The first kappa shape index (κ1) is 12.9. The summed E-state index contributed by atoms with van der Waals surface area (Å²) in [6.07, 6.45) is 12.0. The third-order valence-corrected chi connectivity index (χ3v) is 6.29. The lowest BCUT2D eigenvalue weighted by Gasteiger charge is -2.22. The van der Waals surface area contributed by atoms with Crippen LogP contribution in [0.15, 0.2) is 12.3 Å². The largest absolute Gasteiger partial charge is 0.346 e. The second-order valence-electron chi connectivity index (χ2n) is 6.44. The van der Waals surface area contributed by atoms with Gasteiger partial charge in [0, 0.05) is 17.6 Å². The van der Waals surface area contributed by atoms with E-state index < -0.39 is 0 Å². The Morgan fingerprint density at radius 1 is 1.15 bits per heavy atom. The number of rotatable bonds is 2. The third kappa shape index (κ3) is 2.31. The van der Waals surface area contributed by atoms with Crippen molar-refractivity contribution in [1.29, 1.82) is 0 Å². The maximum atomic E-state index is 3.54. The van der Waals surface area contributed by atoms with Crippen LogP contribution in [-0.2, 0) is 19.4 Å². The van der Waals surface area contributed by atoms with Gasteiger partial charge in [-0.25, -0.2) is 0 Å². The summed E-state index contributed by atoms with van der Waals surface area (Å²) >= 11 is 2.04. The van der Waals surface area contributed by atoms with Gasteiger partial charge >= 0.3 is 0 Å². The van der Waals surface area contributed by atoms with E-state index in [0.29, 0.717) is 0 Å². The molecule has 4 rings (SSSR count). The molecule has 108 valence electrons. The van der Waals surface area contributed by atoms with Crippen LogP contribution in [0.3, 0.4) is 0 Å². The van der Waals surface area contributed by atoms with E-state index in [1.807, 2.05) is 11.3 Å². The van der Waals surface area contributed by atoms with Crippen molar-refractivity contribution >= 4 is 21.6 Å². The van der Waals surface area contributed by atoms with E-state index in [2.05, 4.69) is 22.1 Å². The van der Waals surface area contributed by atoms with Crippen LogP contribution in [0.5, 0.6) is 0 Å². The number of nitrogens with zero attached hydrogens (tertiary/aromatic N) is 1. The lowest BCUT2D eigenvalue weighted by atomic mass is 9.89. The highest BCUT2D eigenvalue weighted by atomic mass is 32.1. The van der Waals surface area contributed by atoms with Gasteiger partial charge in [-0.05, 0) is 56.3 Å². The number of aromatic nitrogens is 1. The van der Waals surface area contributed by atoms with Crippen molar-refractivity contribution in [3.8, 4) is 0 Å². The topological polar surface area (TPSA) is 17.0 Å². The molecule has 1 saturated carbocycles. The summed E-state index contributed by atoms with van der Waals surface area (Å²) < 4.78 is 4.10. The molecule has 0 unspecified atom stereocenters. The zero-order valence-corrected chi connectivity index (χ0v) is 13.0. The Hall–Kier alpha value is -0.800. The van der Waals surface area contributed by atoms with Crippen LogP contribution in [0.4, 0.5) is 0 Å². The second kappa shape index (κ2) is 5.53. The van der Waals surface area contributed by atoms with Gasteiger partial charge in [0.05, 0.1) is 10.2 Å². The fraction of sp³-hybridized carbons (Fsp3) is 0.647. The van der Waals surface area contributed by atoms with E-state index >= 15 is 0 Å². The van der Waals surface area contributed by atoms with E-state index in [1.54, 1.807) is 16.0 Å². The zero-order chi connectivity index (χ0) is 13.4. The average molecular weight is 288 g/mol. The molecule has 2 aromatic heterocycles. The molecule has 2 nitrogen and oxygen atoms in total. The monoisotopic (exact) mass is 288 g/mol. The predicted molar refractivity (Wildman–Crippen MR) is 86.7 cm³/mol. The number of hydrogen-bond acceptors (Lipinski definition) is 2. The van der Waals surface area contributed by atoms with Gasteiger partial charge in [0.2, 0.25) is 0 Å². The highest BCUT2D eigenvalue weighted by Gasteiger charge is 2.20. The first-order chi connectivity index (χ1) is 9.92. The van der Waals surface area contributed by atoms with Crippen molar-refractivity contribution < 1.29 is 0 Å². The Morgan fingerprint density at radius 2 is 2.00 bits per heavy atom. The summed E-state index contributed by atoms with van der Waals surface area (Å²) in [7, 11) is 0. The minimum atomic E-state index is 0.916. The number of fused-ring (bicyclic) bond motifs is 3. The van der Waals surface area contributed by atoms with E-state index in [1.165, 1.54) is 56.2 Å². The fourth-order valence-electron chi connectivity index (χ4n) is 3.98. The molecule has 3 heterocycles. The van der Waals surface area contributed by atoms with Crippen LogP contribution in [0.1, 0.15) is 42.5 Å². The summed E-state index contributed by atoms with van der Waals surface area (Å²) in [5.41, 5.74) is 3.22. The Kier molecular flexibility index (Phi) is 3.57. The molecule has 0 saturated heterocycles. The molecule has 0 radical (unpaired) electrons. The smallest absolute Gasteiger partial charge is 0.0625 e. The maximum absolute atomic E-state index is 3.54. The zero-order valence-electron chi connectivity index (χ0n) is 12.2. The lowest BCUT2D eigenvalue weighted by Crippen LogP contribution is -2.16. The second-order valence-corrected chi connectivity index (χ2v) is 7.58. The minimum absolute atomic E-state index is 0.916. The molecule has 1 aliphatic carbocycles. The van der Waals surface area contributed by atoms with Gasteiger partial charge < -0.3 is 9.88 Å². The van der Waals surface area contributed by atoms with Crippen molar-refractivity contribution in [2.24, 2.45) is 5.92 Å². The van der Waals surface area contributed by atoms with E-state index in [4.69, 9.17) is 0 Å². The molecule has 0 spiro atoms. The Morgan fingerprint density at radius 3 is 2.90 bits per heavy atom. The van der Waals surface area contributed by atoms with Gasteiger partial charge in [0.15, 0.2) is 0 Å². The van der Waals surface area contributed by atoms with Crippen LogP contribution >= 0.6 is 11.3 Å². The van der Waals surface area contributed by atoms with Crippen LogP contribution < -0.4 is 5.32 Å². The molecule has 0 amide bonds. The molecule has 1 fully saturated rings. The highest BCUT2D eigenvalue weighted by molar-refractivity contribution is 7.19. The molecule has 1 aliphatic heterocycles. The number of thiophene rings is 1. The van der Waals surface area contributed by atoms with Crippen molar-refractivity contribution in [2.45, 2.75) is 51.5 Å². The molecular formula is C17H24N2S. The first-order valence-electron chi connectivity index (χ1n) is 8.22. The van der Waals surface area contributed by atoms with Gasteiger partial charge in [0.1, 0.15) is 0 Å².